The molecule has 1 saturated heterocycles. The molecule has 0 aliphatic carbocycles. The molecule has 1 aromatic carbocycles. The van der Waals surface area contributed by atoms with Gasteiger partial charge in [0, 0.05) is 59.5 Å². The number of aromatic amines is 1. The first kappa shape index (κ1) is 21.7. The van der Waals surface area contributed by atoms with Crippen molar-refractivity contribution in [1.82, 2.24) is 25.3 Å². The Morgan fingerprint density at radius 2 is 1.92 bits per heavy atom. The number of halogens is 2. The number of benzene rings is 1. The monoisotopic (exact) mass is 494 g/mol. The normalized spacial score (nSPS) is 19.6. The second-order valence-electron chi connectivity index (χ2n) is 9.20. The Balaban J connectivity index is 1.39. The van der Waals surface area contributed by atoms with Crippen molar-refractivity contribution in [1.29, 1.82) is 0 Å². The molecule has 8 rings (SSSR count). The standard InChI is InChI=1S/C27H20F2N8/c28-15-3-1-2-13(6-15)17-4-5-31-12-20-25(17)37-27(35-20)26-22-18(19-8-21(34-19)36-26)11-33-24(23(22)29)14-7-16(30)10-32-9-14/h1-7,9-11,19,21,34H,8,12,30H2,(H,35,37). The smallest absolute Gasteiger partial charge is 0.159 e. The lowest BCUT2D eigenvalue weighted by Gasteiger charge is -2.33. The van der Waals surface area contributed by atoms with E-state index in [9.17, 15) is 4.39 Å². The van der Waals surface area contributed by atoms with Gasteiger partial charge in [0.1, 0.15) is 23.4 Å². The number of nitrogens with two attached hydrogens (primary N) is 1. The topological polar surface area (TPSA) is 117 Å². The largest absolute Gasteiger partial charge is 0.397 e. The predicted molar refractivity (Wildman–Crippen MR) is 136 cm³/mol. The molecule has 4 N–H and O–H groups in total. The van der Waals surface area contributed by atoms with Crippen molar-refractivity contribution in [3.63, 3.8) is 0 Å². The van der Waals surface area contributed by atoms with Crippen molar-refractivity contribution in [2.45, 2.75) is 25.2 Å². The van der Waals surface area contributed by atoms with E-state index in [4.69, 9.17) is 15.7 Å². The minimum absolute atomic E-state index is 0.0589. The Kier molecular flexibility index (Phi) is 4.83. The molecule has 7 heterocycles. The van der Waals surface area contributed by atoms with Crippen LogP contribution in [-0.2, 0) is 6.54 Å². The number of fused-ring (bicyclic) bond motifs is 1. The molecule has 8 nitrogen and oxygen atoms in total. The van der Waals surface area contributed by atoms with E-state index in [1.807, 2.05) is 12.1 Å². The molecule has 4 aromatic rings. The van der Waals surface area contributed by atoms with Crippen LogP contribution in [-0.4, -0.2) is 38.0 Å². The van der Waals surface area contributed by atoms with Crippen LogP contribution in [0, 0.1) is 11.6 Å². The SMILES string of the molecule is Nc1cncc(-c2ncc3c(c2F)C(c2nc4c([nH]2)CN=CC=C4c2cccc(F)c2)=NC2CC3N2)c1. The van der Waals surface area contributed by atoms with Gasteiger partial charge in [0.2, 0.25) is 0 Å². The quantitative estimate of drug-likeness (QED) is 0.399. The minimum atomic E-state index is -0.511. The highest BCUT2D eigenvalue weighted by Crippen LogP contribution is 2.39. The molecular formula is C27H20F2N8. The zero-order chi connectivity index (χ0) is 25.1. The molecule has 2 unspecified atom stereocenters. The summed E-state index contributed by atoms with van der Waals surface area (Å²) in [5.41, 5.74) is 11.1. The van der Waals surface area contributed by atoms with Crippen LogP contribution >= 0.6 is 0 Å². The van der Waals surface area contributed by atoms with Crippen molar-refractivity contribution in [2.24, 2.45) is 9.98 Å². The van der Waals surface area contributed by atoms with Gasteiger partial charge in [-0.2, -0.15) is 0 Å². The van der Waals surface area contributed by atoms with Crippen LogP contribution in [0.15, 0.2) is 65.0 Å². The number of nitrogen functional groups attached to an aromatic ring is 1. The van der Waals surface area contributed by atoms with E-state index in [0.717, 1.165) is 23.3 Å². The summed E-state index contributed by atoms with van der Waals surface area (Å²) in [7, 11) is 0. The molecule has 0 spiro atoms. The first-order valence-corrected chi connectivity index (χ1v) is 11.8. The van der Waals surface area contributed by atoms with Gasteiger partial charge in [0.15, 0.2) is 11.6 Å². The first-order valence-electron chi connectivity index (χ1n) is 11.8. The minimum Gasteiger partial charge on any atom is -0.397 e. The number of hydrogen-bond donors (Lipinski definition) is 3. The number of aliphatic imine (C=N–C) groups is 2. The van der Waals surface area contributed by atoms with E-state index in [-0.39, 0.29) is 23.7 Å². The van der Waals surface area contributed by atoms with E-state index in [0.29, 0.717) is 46.2 Å². The zero-order valence-corrected chi connectivity index (χ0v) is 19.4. The van der Waals surface area contributed by atoms with Crippen LogP contribution in [0.25, 0.3) is 16.8 Å². The molecule has 0 radical (unpaired) electrons. The Bertz CT molecular complexity index is 1660. The van der Waals surface area contributed by atoms with Crippen molar-refractivity contribution in [3.05, 3.63) is 101 Å². The molecule has 4 aliphatic heterocycles. The van der Waals surface area contributed by atoms with Crippen molar-refractivity contribution < 1.29 is 8.78 Å². The number of H-pyrrole nitrogens is 1. The number of hydrogen-bond acceptors (Lipinski definition) is 7. The summed E-state index contributed by atoms with van der Waals surface area (Å²) in [6, 6.07) is 7.90. The van der Waals surface area contributed by atoms with Crippen LogP contribution in [0.4, 0.5) is 14.5 Å². The van der Waals surface area contributed by atoms with Gasteiger partial charge in [-0.25, -0.2) is 13.8 Å². The highest BCUT2D eigenvalue weighted by Gasteiger charge is 2.39. The van der Waals surface area contributed by atoms with Gasteiger partial charge in [0.05, 0.1) is 23.6 Å². The third-order valence-corrected chi connectivity index (χ3v) is 6.82. The number of nitrogens with one attached hydrogen (secondary N) is 2. The molecule has 0 amide bonds. The van der Waals surface area contributed by atoms with Gasteiger partial charge in [-0.3, -0.25) is 25.3 Å². The van der Waals surface area contributed by atoms with E-state index in [1.165, 1.54) is 24.5 Å². The molecule has 182 valence electrons. The van der Waals surface area contributed by atoms with Gasteiger partial charge in [-0.1, -0.05) is 12.1 Å². The maximum Gasteiger partial charge on any atom is 0.159 e. The third-order valence-electron chi connectivity index (χ3n) is 6.82. The molecule has 2 bridgehead atoms. The predicted octanol–water partition coefficient (Wildman–Crippen LogP) is 3.95. The molecule has 0 saturated carbocycles. The van der Waals surface area contributed by atoms with Crippen molar-refractivity contribution in [3.8, 4) is 11.3 Å². The molecule has 4 aliphatic rings. The molecule has 2 atom stereocenters. The average Bonchev–Trinajstić information content (AvgIpc) is 2.99. The number of rotatable bonds is 3. The van der Waals surface area contributed by atoms with Gasteiger partial charge in [-0.05, 0) is 29.8 Å². The summed E-state index contributed by atoms with van der Waals surface area (Å²) in [5, 5.41) is 3.36. The van der Waals surface area contributed by atoms with Gasteiger partial charge in [-0.15, -0.1) is 0 Å². The molecule has 37 heavy (non-hydrogen) atoms. The Labute approximate surface area is 210 Å². The summed E-state index contributed by atoms with van der Waals surface area (Å²) >= 11 is 0. The maximum atomic E-state index is 16.3. The van der Waals surface area contributed by atoms with Crippen LogP contribution in [0.3, 0.4) is 0 Å². The number of aromatic nitrogens is 4. The van der Waals surface area contributed by atoms with Crippen LogP contribution < -0.4 is 11.1 Å². The number of allylic oxidation sites excluding steroid dienone is 1. The second-order valence-corrected chi connectivity index (χ2v) is 9.20. The van der Waals surface area contributed by atoms with E-state index >= 15 is 4.39 Å². The fourth-order valence-corrected chi connectivity index (χ4v) is 5.03. The van der Waals surface area contributed by atoms with Gasteiger partial charge in [0.25, 0.3) is 0 Å². The zero-order valence-electron chi connectivity index (χ0n) is 19.4. The second kappa shape index (κ2) is 8.24. The highest BCUT2D eigenvalue weighted by molar-refractivity contribution is 6.13. The van der Waals surface area contributed by atoms with Crippen LogP contribution in [0.1, 0.15) is 46.4 Å². The summed E-state index contributed by atoms with van der Waals surface area (Å²) in [4.78, 5) is 26.0. The Morgan fingerprint density at radius 1 is 1.03 bits per heavy atom. The fourth-order valence-electron chi connectivity index (χ4n) is 5.03. The Morgan fingerprint density at radius 3 is 2.76 bits per heavy atom. The van der Waals surface area contributed by atoms with Crippen molar-refractivity contribution in [2.75, 3.05) is 5.73 Å². The summed E-state index contributed by atoms with van der Waals surface area (Å²) in [6.07, 6.45) is 8.77. The molecule has 10 heteroatoms. The van der Waals surface area contributed by atoms with Crippen molar-refractivity contribution >= 4 is 23.2 Å². The number of imidazole rings is 1. The summed E-state index contributed by atoms with van der Waals surface area (Å²) in [6.45, 7) is 0.348. The maximum absolute atomic E-state index is 16.3. The first-order chi connectivity index (χ1) is 18.0. The lowest BCUT2D eigenvalue weighted by atomic mass is 9.92. The molecular weight excluding hydrogens is 474 g/mol. The average molecular weight is 495 g/mol. The summed E-state index contributed by atoms with van der Waals surface area (Å²) in [5.74, 6) is -0.437. The van der Waals surface area contributed by atoms with E-state index in [1.54, 1.807) is 24.5 Å². The lowest BCUT2D eigenvalue weighted by molar-refractivity contribution is 0.280. The third kappa shape index (κ3) is 3.56. The number of anilines is 1. The van der Waals surface area contributed by atoms with Crippen LogP contribution in [0.5, 0.6) is 0 Å². The van der Waals surface area contributed by atoms with Gasteiger partial charge < -0.3 is 10.7 Å². The summed E-state index contributed by atoms with van der Waals surface area (Å²) < 4.78 is 30.3. The molecule has 3 aromatic heterocycles. The Hall–Kier alpha value is -4.57. The number of nitrogens with zero attached hydrogens (tertiary/aromatic N) is 5. The van der Waals surface area contributed by atoms with Crippen LogP contribution in [0.2, 0.25) is 0 Å². The molecule has 1 fully saturated rings. The number of pyridine rings is 2. The van der Waals surface area contributed by atoms with E-state index in [2.05, 4.69) is 25.3 Å². The van der Waals surface area contributed by atoms with Gasteiger partial charge >= 0.3 is 0 Å². The van der Waals surface area contributed by atoms with E-state index < -0.39 is 5.82 Å². The lowest BCUT2D eigenvalue weighted by Crippen LogP contribution is -2.43. The highest BCUT2D eigenvalue weighted by atomic mass is 19.1. The fraction of sp³-hybridized carbons (Fsp3) is 0.148.